The van der Waals surface area contributed by atoms with Crippen LogP contribution in [0, 0.1) is 0 Å². The van der Waals surface area contributed by atoms with Gasteiger partial charge in [-0.25, -0.2) is 0 Å². The molecule has 0 bridgehead atoms. The van der Waals surface area contributed by atoms with E-state index in [1.54, 1.807) is 11.6 Å². The summed E-state index contributed by atoms with van der Waals surface area (Å²) in [6.07, 6.45) is 0.862. The normalized spacial score (nSPS) is 12.1. The molecule has 0 saturated carbocycles. The molecule has 112 valence electrons. The second-order valence-corrected chi connectivity index (χ2v) is 5.09. The number of aromatic nitrogens is 1. The summed E-state index contributed by atoms with van der Waals surface area (Å²) >= 11 is 0. The summed E-state index contributed by atoms with van der Waals surface area (Å²) < 4.78 is 7.09. The molecule has 0 spiro atoms. The van der Waals surface area contributed by atoms with E-state index in [0.717, 1.165) is 17.3 Å². The van der Waals surface area contributed by atoms with E-state index in [-0.39, 0.29) is 24.1 Å². The summed E-state index contributed by atoms with van der Waals surface area (Å²) in [4.78, 5) is 23.7. The van der Waals surface area contributed by atoms with Gasteiger partial charge in [0.05, 0.1) is 5.52 Å². The molecule has 2 rings (SSSR count). The zero-order chi connectivity index (χ0) is 15.4. The highest BCUT2D eigenvalue weighted by molar-refractivity contribution is 5.86. The molecular weight excluding hydrogens is 268 g/mol. The first-order valence-corrected chi connectivity index (χ1v) is 7.04. The van der Waals surface area contributed by atoms with Crippen LogP contribution in [0.25, 0.3) is 10.9 Å². The van der Waals surface area contributed by atoms with Crippen LogP contribution in [0.2, 0.25) is 0 Å². The lowest BCUT2D eigenvalue weighted by Crippen LogP contribution is -2.35. The average Bonchev–Trinajstić information content (AvgIpc) is 2.49. The third-order valence-corrected chi connectivity index (χ3v) is 3.49. The van der Waals surface area contributed by atoms with E-state index in [0.29, 0.717) is 5.75 Å². The minimum absolute atomic E-state index is 0.0957. The summed E-state index contributed by atoms with van der Waals surface area (Å²) in [5.41, 5.74) is 0.619. The van der Waals surface area contributed by atoms with E-state index in [2.05, 4.69) is 5.32 Å². The Balaban J connectivity index is 2.21. The first-order valence-electron chi connectivity index (χ1n) is 7.04. The van der Waals surface area contributed by atoms with Crippen LogP contribution in [0.4, 0.5) is 0 Å². The molecule has 1 aromatic heterocycles. The van der Waals surface area contributed by atoms with E-state index in [1.807, 2.05) is 38.1 Å². The standard InChI is InChI=1S/C16H20N2O3/c1-4-11(2)17-15(19)10-21-14-9-16(20)18(3)13-8-6-5-7-12(13)14/h5-9,11H,4,10H2,1-3H3,(H,17,19)/t11-/m1/s1. The zero-order valence-corrected chi connectivity index (χ0v) is 12.6. The van der Waals surface area contributed by atoms with Crippen molar-refractivity contribution in [2.45, 2.75) is 26.3 Å². The summed E-state index contributed by atoms with van der Waals surface area (Å²) in [6, 6.07) is 8.99. The SMILES string of the molecule is CC[C@@H](C)NC(=O)COc1cc(=O)n(C)c2ccccc12. The first kappa shape index (κ1) is 15.1. The topological polar surface area (TPSA) is 60.3 Å². The van der Waals surface area contributed by atoms with E-state index in [1.165, 1.54) is 6.07 Å². The molecular formula is C16H20N2O3. The maximum absolute atomic E-state index is 11.9. The van der Waals surface area contributed by atoms with Crippen molar-refractivity contribution < 1.29 is 9.53 Å². The van der Waals surface area contributed by atoms with Crippen molar-refractivity contribution >= 4 is 16.8 Å². The number of aryl methyl sites for hydroxylation is 1. The molecule has 5 heteroatoms. The van der Waals surface area contributed by atoms with Gasteiger partial charge in [-0.05, 0) is 25.5 Å². The van der Waals surface area contributed by atoms with Crippen molar-refractivity contribution in [2.24, 2.45) is 7.05 Å². The van der Waals surface area contributed by atoms with Gasteiger partial charge >= 0.3 is 0 Å². The minimum Gasteiger partial charge on any atom is -0.483 e. The largest absolute Gasteiger partial charge is 0.483 e. The number of nitrogens with zero attached hydrogens (tertiary/aromatic N) is 1. The number of nitrogens with one attached hydrogen (secondary N) is 1. The summed E-state index contributed by atoms with van der Waals surface area (Å²) in [7, 11) is 1.71. The van der Waals surface area contributed by atoms with Crippen LogP contribution in [-0.2, 0) is 11.8 Å². The summed E-state index contributed by atoms with van der Waals surface area (Å²) in [5, 5.41) is 3.64. The smallest absolute Gasteiger partial charge is 0.258 e. The van der Waals surface area contributed by atoms with Gasteiger partial charge in [0.15, 0.2) is 6.61 Å². The number of pyridine rings is 1. The van der Waals surface area contributed by atoms with Gasteiger partial charge in [-0.15, -0.1) is 0 Å². The van der Waals surface area contributed by atoms with E-state index in [4.69, 9.17) is 4.74 Å². The Bertz CT molecular complexity index is 706. The molecule has 1 aromatic carbocycles. The lowest BCUT2D eigenvalue weighted by molar-refractivity contribution is -0.123. The Morgan fingerprint density at radius 2 is 2.10 bits per heavy atom. The first-order chi connectivity index (χ1) is 10.0. The average molecular weight is 288 g/mol. The van der Waals surface area contributed by atoms with Crippen LogP contribution in [0.3, 0.4) is 0 Å². The third-order valence-electron chi connectivity index (χ3n) is 3.49. The minimum atomic E-state index is -0.186. The number of rotatable bonds is 5. The molecule has 0 unspecified atom stereocenters. The zero-order valence-electron chi connectivity index (χ0n) is 12.6. The highest BCUT2D eigenvalue weighted by Crippen LogP contribution is 2.22. The van der Waals surface area contributed by atoms with Crippen molar-refractivity contribution in [1.29, 1.82) is 0 Å². The third kappa shape index (κ3) is 3.42. The van der Waals surface area contributed by atoms with Gasteiger partial charge in [-0.2, -0.15) is 0 Å². The maximum atomic E-state index is 11.9. The second-order valence-electron chi connectivity index (χ2n) is 5.09. The van der Waals surface area contributed by atoms with Crippen LogP contribution in [-0.4, -0.2) is 23.1 Å². The number of hydrogen-bond acceptors (Lipinski definition) is 3. The Labute approximate surface area is 123 Å². The fraction of sp³-hybridized carbons (Fsp3) is 0.375. The predicted octanol–water partition coefficient (Wildman–Crippen LogP) is 1.83. The molecule has 21 heavy (non-hydrogen) atoms. The van der Waals surface area contributed by atoms with Crippen molar-refractivity contribution in [3.8, 4) is 5.75 Å². The van der Waals surface area contributed by atoms with Crippen molar-refractivity contribution in [3.63, 3.8) is 0 Å². The molecule has 2 aromatic rings. The fourth-order valence-electron chi connectivity index (χ4n) is 2.06. The molecule has 0 aliphatic carbocycles. The Hall–Kier alpha value is -2.30. The number of fused-ring (bicyclic) bond motifs is 1. The van der Waals surface area contributed by atoms with E-state index < -0.39 is 0 Å². The van der Waals surface area contributed by atoms with Crippen LogP contribution >= 0.6 is 0 Å². The number of benzene rings is 1. The Morgan fingerprint density at radius 3 is 2.81 bits per heavy atom. The van der Waals surface area contributed by atoms with Crippen LogP contribution in [0.1, 0.15) is 20.3 Å². The number of carbonyl (C=O) groups excluding carboxylic acids is 1. The molecule has 0 aliphatic rings. The lowest BCUT2D eigenvalue weighted by atomic mass is 10.2. The molecule has 0 saturated heterocycles. The molecule has 0 fully saturated rings. The Kier molecular flexibility index (Phi) is 4.62. The maximum Gasteiger partial charge on any atom is 0.258 e. The molecule has 1 atom stereocenters. The number of hydrogen-bond donors (Lipinski definition) is 1. The summed E-state index contributed by atoms with van der Waals surface area (Å²) in [6.45, 7) is 3.84. The predicted molar refractivity (Wildman–Crippen MR) is 82.6 cm³/mol. The quantitative estimate of drug-likeness (QED) is 0.913. The number of para-hydroxylation sites is 1. The molecule has 0 radical (unpaired) electrons. The molecule has 1 amide bonds. The monoisotopic (exact) mass is 288 g/mol. The van der Waals surface area contributed by atoms with Gasteiger partial charge < -0.3 is 14.6 Å². The highest BCUT2D eigenvalue weighted by atomic mass is 16.5. The molecule has 1 N–H and O–H groups in total. The summed E-state index contributed by atoms with van der Waals surface area (Å²) in [5.74, 6) is 0.252. The van der Waals surface area contributed by atoms with Gasteiger partial charge in [0, 0.05) is 24.5 Å². The van der Waals surface area contributed by atoms with Gasteiger partial charge in [0.25, 0.3) is 11.5 Å². The van der Waals surface area contributed by atoms with Gasteiger partial charge in [0.2, 0.25) is 0 Å². The van der Waals surface area contributed by atoms with Crippen molar-refractivity contribution in [2.75, 3.05) is 6.61 Å². The van der Waals surface area contributed by atoms with Crippen molar-refractivity contribution in [1.82, 2.24) is 9.88 Å². The number of amides is 1. The molecule has 5 nitrogen and oxygen atoms in total. The second kappa shape index (κ2) is 6.43. The number of carbonyl (C=O) groups is 1. The molecule has 0 aliphatic heterocycles. The molecule has 1 heterocycles. The van der Waals surface area contributed by atoms with Crippen LogP contribution in [0.5, 0.6) is 5.75 Å². The van der Waals surface area contributed by atoms with Crippen molar-refractivity contribution in [3.05, 3.63) is 40.7 Å². The van der Waals surface area contributed by atoms with Crippen LogP contribution < -0.4 is 15.6 Å². The van der Waals surface area contributed by atoms with E-state index >= 15 is 0 Å². The highest BCUT2D eigenvalue weighted by Gasteiger charge is 2.10. The fourth-order valence-corrected chi connectivity index (χ4v) is 2.06. The van der Waals surface area contributed by atoms with Gasteiger partial charge in [-0.1, -0.05) is 19.1 Å². The van der Waals surface area contributed by atoms with Gasteiger partial charge in [-0.3, -0.25) is 9.59 Å². The van der Waals surface area contributed by atoms with Gasteiger partial charge in [0.1, 0.15) is 5.75 Å². The Morgan fingerprint density at radius 1 is 1.38 bits per heavy atom. The van der Waals surface area contributed by atoms with Crippen LogP contribution in [0.15, 0.2) is 35.1 Å². The van der Waals surface area contributed by atoms with E-state index in [9.17, 15) is 9.59 Å². The number of ether oxygens (including phenoxy) is 1. The lowest BCUT2D eigenvalue weighted by Gasteiger charge is -2.14.